The molecule has 0 spiro atoms. The van der Waals surface area contributed by atoms with Crippen molar-refractivity contribution in [3.8, 4) is 57.0 Å². The fraction of sp³-hybridized carbons (Fsp3) is 0. The predicted octanol–water partition coefficient (Wildman–Crippen LogP) is 12.0. The average Bonchev–Trinajstić information content (AvgIpc) is 3.79. The molecular formula is C47H26N6O. The average molecular weight is 691 g/mol. The number of furan rings is 1. The van der Waals surface area contributed by atoms with Gasteiger partial charge >= 0.3 is 0 Å². The van der Waals surface area contributed by atoms with Crippen molar-refractivity contribution in [1.29, 1.82) is 5.26 Å². The smallest absolute Gasteiger partial charge is 0.190 e. The summed E-state index contributed by atoms with van der Waals surface area (Å²) in [5.41, 5.74) is 9.92. The first-order valence-corrected chi connectivity index (χ1v) is 17.4. The zero-order valence-electron chi connectivity index (χ0n) is 28.6. The van der Waals surface area contributed by atoms with Crippen molar-refractivity contribution in [3.05, 3.63) is 175 Å². The van der Waals surface area contributed by atoms with Crippen molar-refractivity contribution >= 4 is 49.4 Å². The number of fused-ring (bicyclic) bond motifs is 6. The molecule has 0 atom stereocenters. The minimum absolute atomic E-state index is 0.427. The highest BCUT2D eigenvalue weighted by Gasteiger charge is 2.19. The third kappa shape index (κ3) is 5.08. The first kappa shape index (κ1) is 30.9. The van der Waals surface area contributed by atoms with Gasteiger partial charge in [-0.25, -0.2) is 19.8 Å². The quantitative estimate of drug-likeness (QED) is 0.168. The van der Waals surface area contributed by atoms with Crippen LogP contribution < -0.4 is 0 Å². The van der Waals surface area contributed by atoms with Gasteiger partial charge in [0.1, 0.15) is 11.2 Å². The largest absolute Gasteiger partial charge is 0.456 e. The van der Waals surface area contributed by atoms with E-state index in [9.17, 15) is 5.26 Å². The Labute approximate surface area is 309 Å². The van der Waals surface area contributed by atoms with Crippen LogP contribution in [0.5, 0.6) is 0 Å². The number of para-hydroxylation sites is 1. The van der Waals surface area contributed by atoms with Gasteiger partial charge in [-0.05, 0) is 65.7 Å². The monoisotopic (exact) mass is 690 g/mol. The molecule has 0 fully saturated rings. The number of nitrogens with zero attached hydrogens (tertiary/aromatic N) is 6. The van der Waals surface area contributed by atoms with Gasteiger partial charge in [0.25, 0.3) is 0 Å². The van der Waals surface area contributed by atoms with Crippen molar-refractivity contribution in [2.45, 2.75) is 0 Å². The van der Waals surface area contributed by atoms with E-state index in [-0.39, 0.29) is 0 Å². The second-order valence-electron chi connectivity index (χ2n) is 13.1. The van der Waals surface area contributed by atoms with E-state index in [0.717, 1.165) is 77.2 Å². The van der Waals surface area contributed by atoms with Crippen LogP contribution in [0.3, 0.4) is 0 Å². The third-order valence-electron chi connectivity index (χ3n) is 9.86. The second kappa shape index (κ2) is 12.4. The molecule has 250 valence electrons. The summed E-state index contributed by atoms with van der Waals surface area (Å²) >= 11 is 0. The van der Waals surface area contributed by atoms with E-state index < -0.39 is 0 Å². The molecule has 0 N–H and O–H groups in total. The van der Waals surface area contributed by atoms with Crippen molar-refractivity contribution in [2.24, 2.45) is 0 Å². The Hall–Kier alpha value is -7.87. The van der Waals surface area contributed by atoms with Gasteiger partial charge in [0, 0.05) is 49.5 Å². The minimum atomic E-state index is 0.427. The van der Waals surface area contributed by atoms with Crippen molar-refractivity contribution < 1.29 is 4.42 Å². The first-order valence-electron chi connectivity index (χ1n) is 17.4. The summed E-state index contributed by atoms with van der Waals surface area (Å²) in [7, 11) is 0. The summed E-state index contributed by atoms with van der Waals surface area (Å²) in [6.45, 7) is 7.63. The summed E-state index contributed by atoms with van der Waals surface area (Å²) in [5, 5.41) is 13.8. The van der Waals surface area contributed by atoms with E-state index in [1.165, 1.54) is 0 Å². The Balaban J connectivity index is 1.15. The van der Waals surface area contributed by atoms with Crippen molar-refractivity contribution in [3.63, 3.8) is 0 Å². The highest BCUT2D eigenvalue weighted by atomic mass is 16.3. The van der Waals surface area contributed by atoms with E-state index >= 15 is 0 Å². The molecule has 10 aromatic rings. The van der Waals surface area contributed by atoms with E-state index in [0.29, 0.717) is 28.7 Å². The van der Waals surface area contributed by atoms with Gasteiger partial charge in [-0.15, -0.1) is 0 Å². The van der Waals surface area contributed by atoms with E-state index in [4.69, 9.17) is 25.9 Å². The van der Waals surface area contributed by atoms with Crippen LogP contribution in [0, 0.1) is 17.9 Å². The van der Waals surface area contributed by atoms with Crippen LogP contribution >= 0.6 is 0 Å². The minimum Gasteiger partial charge on any atom is -0.456 e. The topological polar surface area (TPSA) is 84.9 Å². The molecule has 54 heavy (non-hydrogen) atoms. The Morgan fingerprint density at radius 2 is 1.19 bits per heavy atom. The first-order chi connectivity index (χ1) is 26.6. The van der Waals surface area contributed by atoms with Gasteiger partial charge in [0.15, 0.2) is 23.2 Å². The Kier molecular flexibility index (Phi) is 7.11. The normalized spacial score (nSPS) is 11.3. The van der Waals surface area contributed by atoms with Crippen LogP contribution in [0.1, 0.15) is 5.56 Å². The van der Waals surface area contributed by atoms with Crippen LogP contribution in [-0.2, 0) is 0 Å². The number of aromatic nitrogens is 4. The maximum atomic E-state index is 9.72. The summed E-state index contributed by atoms with van der Waals surface area (Å²) in [5.74, 6) is 1.77. The molecule has 10 rings (SSSR count). The Morgan fingerprint density at radius 3 is 1.91 bits per heavy atom. The standard InChI is InChI=1S/C47H26N6O/c1-49-34-23-29(28-48)24-35(27-34)53-40-17-9-8-15-36(40)38-25-32(19-21-41(38)53)33-20-22-42-39(26-33)44-37(16-10-18-43(44)54-42)47-51-45(30-11-4-2-5-12-30)50-46(52-47)31-13-6-3-7-14-31/h2-27H. The molecule has 0 saturated carbocycles. The Bertz CT molecular complexity index is 3090. The van der Waals surface area contributed by atoms with Crippen LogP contribution in [0.25, 0.3) is 99.6 Å². The van der Waals surface area contributed by atoms with Crippen LogP contribution in [0.15, 0.2) is 162 Å². The summed E-state index contributed by atoms with van der Waals surface area (Å²) in [6.07, 6.45) is 0. The number of hydrogen-bond acceptors (Lipinski definition) is 5. The third-order valence-corrected chi connectivity index (χ3v) is 9.86. The van der Waals surface area contributed by atoms with Crippen molar-refractivity contribution in [2.75, 3.05) is 0 Å². The van der Waals surface area contributed by atoms with Gasteiger partial charge in [-0.3, -0.25) is 0 Å². The maximum Gasteiger partial charge on any atom is 0.190 e. The zero-order valence-corrected chi connectivity index (χ0v) is 28.6. The highest BCUT2D eigenvalue weighted by Crippen LogP contribution is 2.40. The van der Waals surface area contributed by atoms with E-state index in [1.807, 2.05) is 109 Å². The van der Waals surface area contributed by atoms with Crippen molar-refractivity contribution in [1.82, 2.24) is 19.5 Å². The zero-order chi connectivity index (χ0) is 36.2. The molecule has 3 aromatic heterocycles. The molecule has 0 bridgehead atoms. The molecule has 7 nitrogen and oxygen atoms in total. The van der Waals surface area contributed by atoms with Gasteiger partial charge in [0.2, 0.25) is 0 Å². The molecule has 0 saturated heterocycles. The summed E-state index contributed by atoms with van der Waals surface area (Å²) in [6, 6.07) is 54.4. The molecule has 0 amide bonds. The second-order valence-corrected chi connectivity index (χ2v) is 13.1. The molecular weight excluding hydrogens is 665 g/mol. The number of hydrogen-bond donors (Lipinski definition) is 0. The summed E-state index contributed by atoms with van der Waals surface area (Å²) < 4.78 is 8.56. The lowest BCUT2D eigenvalue weighted by Gasteiger charge is -2.10. The molecule has 7 aromatic carbocycles. The lowest BCUT2D eigenvalue weighted by molar-refractivity contribution is 0.669. The van der Waals surface area contributed by atoms with Gasteiger partial charge in [-0.2, -0.15) is 5.26 Å². The fourth-order valence-electron chi connectivity index (χ4n) is 7.41. The van der Waals surface area contributed by atoms with Gasteiger partial charge in [-0.1, -0.05) is 103 Å². The maximum absolute atomic E-state index is 9.72. The van der Waals surface area contributed by atoms with E-state index in [1.54, 1.807) is 6.07 Å². The molecule has 0 unspecified atom stereocenters. The lowest BCUT2D eigenvalue weighted by atomic mass is 9.99. The molecule has 7 heteroatoms. The highest BCUT2D eigenvalue weighted by molar-refractivity contribution is 6.14. The molecule has 0 radical (unpaired) electrons. The fourth-order valence-corrected chi connectivity index (χ4v) is 7.41. The Morgan fingerprint density at radius 1 is 0.537 bits per heavy atom. The lowest BCUT2D eigenvalue weighted by Crippen LogP contribution is -2.00. The van der Waals surface area contributed by atoms with Crippen LogP contribution in [0.4, 0.5) is 5.69 Å². The molecule has 0 aliphatic carbocycles. The number of nitriles is 1. The summed E-state index contributed by atoms with van der Waals surface area (Å²) in [4.78, 5) is 18.6. The van der Waals surface area contributed by atoms with Crippen LogP contribution in [0.2, 0.25) is 0 Å². The van der Waals surface area contributed by atoms with Gasteiger partial charge in [0.05, 0.1) is 23.7 Å². The molecule has 0 aliphatic heterocycles. The van der Waals surface area contributed by atoms with E-state index in [2.05, 4.69) is 57.9 Å². The molecule has 3 heterocycles. The van der Waals surface area contributed by atoms with Gasteiger partial charge < -0.3 is 8.98 Å². The predicted molar refractivity (Wildman–Crippen MR) is 214 cm³/mol. The molecule has 0 aliphatic rings. The SMILES string of the molecule is [C-]#[N+]c1cc(C#N)cc(-n2c3ccccc3c3cc(-c4ccc5oc6cccc(-c7nc(-c8ccccc8)nc(-c8ccccc8)n7)c6c5c4)ccc32)c1. The number of benzene rings is 7. The number of rotatable bonds is 5. The van der Waals surface area contributed by atoms with Crippen LogP contribution in [-0.4, -0.2) is 19.5 Å².